The van der Waals surface area contributed by atoms with Crippen molar-refractivity contribution in [2.45, 2.75) is 64.9 Å². The number of likely N-dealkylation sites (tertiary alicyclic amines) is 1. The number of carboxylic acids is 1. The maximum Gasteiger partial charge on any atom is 0.303 e. The van der Waals surface area contributed by atoms with Gasteiger partial charge in [-0.1, -0.05) is 62.2 Å². The average Bonchev–Trinajstić information content (AvgIpc) is 3.31. The molecule has 1 fully saturated rings. The first-order valence-corrected chi connectivity index (χ1v) is 16.5. The van der Waals surface area contributed by atoms with Gasteiger partial charge < -0.3 is 20.4 Å². The second kappa shape index (κ2) is 15.0. The van der Waals surface area contributed by atoms with Gasteiger partial charge in [0.2, 0.25) is 11.8 Å². The summed E-state index contributed by atoms with van der Waals surface area (Å²) in [6.07, 6.45) is 5.55. The van der Waals surface area contributed by atoms with E-state index in [1.54, 1.807) is 12.3 Å². The minimum atomic E-state index is -0.956. The summed E-state index contributed by atoms with van der Waals surface area (Å²) in [7, 11) is 0. The van der Waals surface area contributed by atoms with Crippen molar-refractivity contribution in [1.82, 2.24) is 9.88 Å². The highest BCUT2D eigenvalue weighted by Crippen LogP contribution is 2.48. The maximum atomic E-state index is 13.7. The molecule has 2 heterocycles. The van der Waals surface area contributed by atoms with Gasteiger partial charge in [0.15, 0.2) is 0 Å². The van der Waals surface area contributed by atoms with Gasteiger partial charge in [-0.2, -0.15) is 0 Å². The molecule has 2 aromatic carbocycles. The number of aromatic hydroxyl groups is 1. The quantitative estimate of drug-likeness (QED) is 0.0977. The Morgan fingerprint density at radius 3 is 2.40 bits per heavy atom. The monoisotopic (exact) mass is 640 g/mol. The second-order valence-electron chi connectivity index (χ2n) is 13.0. The molecule has 47 heavy (non-hydrogen) atoms. The molecule has 248 valence electrons. The highest BCUT2D eigenvalue weighted by molar-refractivity contribution is 6.06. The largest absolute Gasteiger partial charge is 0.507 e. The third kappa shape index (κ3) is 7.31. The molecular formula is C38H44N2O7. The zero-order valence-electron chi connectivity index (χ0n) is 27.0. The Kier molecular flexibility index (Phi) is 10.9. The molecule has 0 saturated carbocycles. The van der Waals surface area contributed by atoms with Gasteiger partial charge in [-0.05, 0) is 84.4 Å². The van der Waals surface area contributed by atoms with E-state index in [1.165, 1.54) is 4.90 Å². The van der Waals surface area contributed by atoms with E-state index >= 15 is 0 Å². The molecule has 0 radical (unpaired) electrons. The summed E-state index contributed by atoms with van der Waals surface area (Å²) in [4.78, 5) is 43.9. The Hall–Kier alpha value is -4.34. The molecule has 0 bridgehead atoms. The predicted octanol–water partition coefficient (Wildman–Crippen LogP) is 5.83. The number of aliphatic hydroxyl groups excluding tert-OH is 2. The first-order chi connectivity index (χ1) is 22.6. The van der Waals surface area contributed by atoms with Crippen LogP contribution in [0.2, 0.25) is 0 Å². The number of carboxylic acid groups (broad SMARTS) is 1. The zero-order chi connectivity index (χ0) is 33.7. The van der Waals surface area contributed by atoms with Gasteiger partial charge in [0.1, 0.15) is 5.75 Å². The van der Waals surface area contributed by atoms with Crippen molar-refractivity contribution in [3.8, 4) is 5.75 Å². The van der Waals surface area contributed by atoms with E-state index in [1.807, 2.05) is 68.5 Å². The topological polar surface area (TPSA) is 148 Å². The number of phenols is 1. The third-order valence-electron chi connectivity index (χ3n) is 9.68. The molecule has 4 N–H and O–H groups in total. The fourth-order valence-electron chi connectivity index (χ4n) is 7.35. The van der Waals surface area contributed by atoms with Crippen molar-refractivity contribution in [1.29, 1.82) is 0 Å². The fourth-order valence-corrected chi connectivity index (χ4v) is 7.35. The normalized spacial score (nSPS) is 20.7. The Balaban J connectivity index is 1.40. The number of nitrogens with zero attached hydrogens (tertiary/aromatic N) is 2. The van der Waals surface area contributed by atoms with Gasteiger partial charge in [-0.3, -0.25) is 24.3 Å². The lowest BCUT2D eigenvalue weighted by molar-refractivity contribution is -0.141. The van der Waals surface area contributed by atoms with Crippen molar-refractivity contribution in [3.05, 3.63) is 83.2 Å². The molecule has 9 nitrogen and oxygen atoms in total. The molecule has 1 aliphatic heterocycles. The number of hydrogen-bond donors (Lipinski definition) is 4. The van der Waals surface area contributed by atoms with E-state index in [-0.39, 0.29) is 43.1 Å². The van der Waals surface area contributed by atoms with Crippen LogP contribution < -0.4 is 0 Å². The number of benzene rings is 2. The SMILES string of the molecule is CC(C)C1=C([C@H](O)CC/C(=C/c2ccc(O)c3ccccc23)c2ccccn2)[C@H](CO)[C@@H]2C(=O)N(CCCCCC(=O)O)C(=O)[C@@H]2C1. The number of hydrogen-bond acceptors (Lipinski definition) is 7. The van der Waals surface area contributed by atoms with Crippen LogP contribution in [0, 0.1) is 23.7 Å². The van der Waals surface area contributed by atoms with Crippen LogP contribution >= 0.6 is 0 Å². The van der Waals surface area contributed by atoms with E-state index in [9.17, 15) is 29.7 Å². The van der Waals surface area contributed by atoms with Crippen LogP contribution in [-0.4, -0.2) is 67.3 Å². The molecule has 1 aliphatic carbocycles. The number of amides is 2. The lowest BCUT2D eigenvalue weighted by atomic mass is 9.66. The number of carbonyl (C=O) groups excluding carboxylic acids is 2. The molecule has 4 atom stereocenters. The summed E-state index contributed by atoms with van der Waals surface area (Å²) < 4.78 is 0. The second-order valence-corrected chi connectivity index (χ2v) is 13.0. The van der Waals surface area contributed by atoms with Crippen molar-refractivity contribution >= 4 is 40.2 Å². The molecule has 1 aromatic heterocycles. The molecule has 0 spiro atoms. The number of aliphatic carboxylic acids is 1. The lowest BCUT2D eigenvalue weighted by Gasteiger charge is -2.38. The molecule has 9 heteroatoms. The number of unbranched alkanes of at least 4 members (excludes halogenated alkanes) is 2. The molecule has 1 saturated heterocycles. The Labute approximate surface area is 275 Å². The van der Waals surface area contributed by atoms with Crippen LogP contribution in [0.1, 0.15) is 70.1 Å². The van der Waals surface area contributed by atoms with Crippen LogP contribution in [0.15, 0.2) is 71.9 Å². The van der Waals surface area contributed by atoms with Gasteiger partial charge in [0.25, 0.3) is 0 Å². The lowest BCUT2D eigenvalue weighted by Crippen LogP contribution is -2.40. The molecule has 5 rings (SSSR count). The van der Waals surface area contributed by atoms with E-state index in [0.29, 0.717) is 44.1 Å². The number of carbonyl (C=O) groups is 3. The zero-order valence-corrected chi connectivity index (χ0v) is 27.0. The van der Waals surface area contributed by atoms with E-state index in [2.05, 4.69) is 4.98 Å². The summed E-state index contributed by atoms with van der Waals surface area (Å²) in [5.41, 5.74) is 4.12. The van der Waals surface area contributed by atoms with Gasteiger partial charge in [-0.15, -0.1) is 0 Å². The van der Waals surface area contributed by atoms with Gasteiger partial charge in [-0.25, -0.2) is 0 Å². The summed E-state index contributed by atoms with van der Waals surface area (Å²) in [5.74, 6) is -3.25. The smallest absolute Gasteiger partial charge is 0.303 e. The Bertz CT molecular complexity index is 1680. The van der Waals surface area contributed by atoms with Crippen molar-refractivity contribution < 1.29 is 34.8 Å². The number of aromatic nitrogens is 1. The highest BCUT2D eigenvalue weighted by Gasteiger charge is 2.54. The number of phenolic OH excluding ortho intramolecular Hbond substituents is 1. The van der Waals surface area contributed by atoms with Crippen LogP contribution in [-0.2, 0) is 14.4 Å². The van der Waals surface area contributed by atoms with Crippen LogP contribution in [0.25, 0.3) is 22.4 Å². The first kappa shape index (κ1) is 34.0. The summed E-state index contributed by atoms with van der Waals surface area (Å²) >= 11 is 0. The van der Waals surface area contributed by atoms with Crippen molar-refractivity contribution in [2.75, 3.05) is 13.2 Å². The van der Waals surface area contributed by atoms with Crippen molar-refractivity contribution in [2.24, 2.45) is 23.7 Å². The fraction of sp³-hybridized carbons (Fsp3) is 0.421. The van der Waals surface area contributed by atoms with E-state index in [0.717, 1.165) is 33.2 Å². The van der Waals surface area contributed by atoms with Gasteiger partial charge >= 0.3 is 5.97 Å². The minimum absolute atomic E-state index is 0.00298. The number of allylic oxidation sites excluding steroid dienone is 2. The predicted molar refractivity (Wildman–Crippen MR) is 180 cm³/mol. The highest BCUT2D eigenvalue weighted by atomic mass is 16.4. The standard InChI is InChI=1S/C38H44N2O7/c1-23(2)28-21-29-36(38(47)40(37(29)46)19-9-3-4-13-34(44)45)30(22-41)35(28)33(43)17-15-25(31-12-7-8-18-39-31)20-24-14-16-32(42)27-11-6-5-10-26(24)27/h5-8,10-12,14,16,18,20,23,29-30,33,36,41-43H,3-4,9,13,15,17,19,21-22H2,1-2H3,(H,44,45)/b25-20-/t29-,30+,33-,36-/m1/s1. The number of pyridine rings is 1. The number of imide groups is 1. The summed E-state index contributed by atoms with van der Waals surface area (Å²) in [5, 5.41) is 43.5. The van der Waals surface area contributed by atoms with Crippen LogP contribution in [0.3, 0.4) is 0 Å². The van der Waals surface area contributed by atoms with E-state index < -0.39 is 29.8 Å². The summed E-state index contributed by atoms with van der Waals surface area (Å²) in [6.45, 7) is 3.88. The number of rotatable bonds is 14. The third-order valence-corrected chi connectivity index (χ3v) is 9.68. The molecule has 3 aromatic rings. The minimum Gasteiger partial charge on any atom is -0.507 e. The summed E-state index contributed by atoms with van der Waals surface area (Å²) in [6, 6.07) is 16.8. The van der Waals surface area contributed by atoms with Crippen LogP contribution in [0.4, 0.5) is 0 Å². The van der Waals surface area contributed by atoms with Gasteiger partial charge in [0.05, 0.1) is 30.2 Å². The average molecular weight is 641 g/mol. The first-order valence-electron chi connectivity index (χ1n) is 16.5. The molecule has 0 unspecified atom stereocenters. The molecule has 2 amide bonds. The maximum absolute atomic E-state index is 13.7. The van der Waals surface area contributed by atoms with E-state index in [4.69, 9.17) is 5.11 Å². The molecular weight excluding hydrogens is 596 g/mol. The van der Waals surface area contributed by atoms with Crippen LogP contribution in [0.5, 0.6) is 5.75 Å². The number of aliphatic hydroxyl groups is 2. The Morgan fingerprint density at radius 2 is 1.72 bits per heavy atom. The molecule has 2 aliphatic rings. The number of fused-ring (bicyclic) bond motifs is 2. The van der Waals surface area contributed by atoms with Crippen molar-refractivity contribution in [3.63, 3.8) is 0 Å². The van der Waals surface area contributed by atoms with Gasteiger partial charge in [0, 0.05) is 30.5 Å². The Morgan fingerprint density at radius 1 is 0.979 bits per heavy atom.